The Kier molecular flexibility index (Phi) is 3.35. The molecule has 0 saturated heterocycles. The summed E-state index contributed by atoms with van der Waals surface area (Å²) in [5.74, 6) is 0. The minimum absolute atomic E-state index is 0.0545. The van der Waals surface area contributed by atoms with Crippen molar-refractivity contribution in [2.75, 3.05) is 0 Å². The molecule has 0 amide bonds. The molecule has 1 aromatic carbocycles. The summed E-state index contributed by atoms with van der Waals surface area (Å²) in [7, 11) is 0. The van der Waals surface area contributed by atoms with Crippen LogP contribution in [0.3, 0.4) is 0 Å². The summed E-state index contributed by atoms with van der Waals surface area (Å²) in [6.45, 7) is 0. The summed E-state index contributed by atoms with van der Waals surface area (Å²) in [6.07, 6.45) is 0.588. The number of nitriles is 1. The highest BCUT2D eigenvalue weighted by Crippen LogP contribution is 2.29. The molecule has 0 heterocycles. The van der Waals surface area contributed by atoms with Crippen LogP contribution < -0.4 is 0 Å². The summed E-state index contributed by atoms with van der Waals surface area (Å²) >= 11 is 0. The van der Waals surface area contributed by atoms with Gasteiger partial charge in [0, 0.05) is 18.4 Å². The van der Waals surface area contributed by atoms with Crippen LogP contribution in [0.2, 0.25) is 0 Å². The second-order valence-corrected chi connectivity index (χ2v) is 2.98. The van der Waals surface area contributed by atoms with Gasteiger partial charge in [-0.15, -0.1) is 0 Å². The zero-order chi connectivity index (χ0) is 10.4. The van der Waals surface area contributed by atoms with Gasteiger partial charge in [-0.25, -0.2) is 4.39 Å². The van der Waals surface area contributed by atoms with Crippen molar-refractivity contribution in [1.29, 1.82) is 5.26 Å². The second kappa shape index (κ2) is 4.52. The van der Waals surface area contributed by atoms with Crippen LogP contribution >= 0.6 is 0 Å². The smallest absolute Gasteiger partial charge is 0.221 e. The largest absolute Gasteiger partial charge is 0.303 e. The molecule has 1 unspecified atom stereocenters. The van der Waals surface area contributed by atoms with Crippen molar-refractivity contribution in [1.82, 2.24) is 0 Å². The highest BCUT2D eigenvalue weighted by molar-refractivity contribution is 5.50. The molecule has 0 aliphatic carbocycles. The Hall–Kier alpha value is -1.69. The standard InChI is InChI=1S/C11H10FNO/c12-11(9-13,7-4-8-14)10-5-2-1-3-6-10/h1-3,5-6,8H,4,7H2. The molecule has 3 heteroatoms. The third-order valence-electron chi connectivity index (χ3n) is 2.02. The van der Waals surface area contributed by atoms with E-state index in [9.17, 15) is 9.18 Å². The second-order valence-electron chi connectivity index (χ2n) is 2.98. The molecule has 0 fully saturated rings. The number of rotatable bonds is 4. The predicted molar refractivity (Wildman–Crippen MR) is 50.1 cm³/mol. The van der Waals surface area contributed by atoms with E-state index in [-0.39, 0.29) is 12.8 Å². The molecule has 0 aliphatic heterocycles. The van der Waals surface area contributed by atoms with Crippen LogP contribution in [0.4, 0.5) is 4.39 Å². The molecule has 1 aromatic rings. The molecule has 72 valence electrons. The molecule has 0 bridgehead atoms. The Labute approximate surface area is 82.0 Å². The van der Waals surface area contributed by atoms with Gasteiger partial charge in [0.2, 0.25) is 5.67 Å². The Morgan fingerprint density at radius 1 is 1.43 bits per heavy atom. The fourth-order valence-electron chi connectivity index (χ4n) is 1.22. The minimum atomic E-state index is -2.04. The van der Waals surface area contributed by atoms with Gasteiger partial charge in [0.05, 0.1) is 0 Å². The fourth-order valence-corrected chi connectivity index (χ4v) is 1.22. The number of carbonyl (C=O) groups is 1. The highest BCUT2D eigenvalue weighted by Gasteiger charge is 2.30. The van der Waals surface area contributed by atoms with Crippen molar-refractivity contribution in [2.24, 2.45) is 0 Å². The third-order valence-corrected chi connectivity index (χ3v) is 2.02. The first-order chi connectivity index (χ1) is 6.73. The van der Waals surface area contributed by atoms with E-state index in [2.05, 4.69) is 0 Å². The van der Waals surface area contributed by atoms with Crippen LogP contribution in [0.25, 0.3) is 0 Å². The van der Waals surface area contributed by atoms with Crippen molar-refractivity contribution in [3.8, 4) is 6.07 Å². The quantitative estimate of drug-likeness (QED) is 0.685. The lowest BCUT2D eigenvalue weighted by molar-refractivity contribution is -0.108. The zero-order valence-electron chi connectivity index (χ0n) is 7.61. The van der Waals surface area contributed by atoms with Crippen LogP contribution in [0, 0.1) is 11.3 Å². The summed E-state index contributed by atoms with van der Waals surface area (Å²) in [5.41, 5.74) is -1.73. The lowest BCUT2D eigenvalue weighted by atomic mass is 9.93. The van der Waals surface area contributed by atoms with E-state index >= 15 is 0 Å². The number of hydrogen-bond acceptors (Lipinski definition) is 2. The molecular weight excluding hydrogens is 181 g/mol. The van der Waals surface area contributed by atoms with Gasteiger partial charge in [0.15, 0.2) is 0 Å². The number of alkyl halides is 1. The number of aldehydes is 1. The summed E-state index contributed by atoms with van der Waals surface area (Å²) in [6, 6.07) is 9.79. The monoisotopic (exact) mass is 191 g/mol. The van der Waals surface area contributed by atoms with Gasteiger partial charge < -0.3 is 4.79 Å². The van der Waals surface area contributed by atoms with Crippen molar-refractivity contribution in [3.05, 3.63) is 35.9 Å². The summed E-state index contributed by atoms with van der Waals surface area (Å²) in [5, 5.41) is 8.72. The first kappa shape index (κ1) is 10.4. The molecule has 14 heavy (non-hydrogen) atoms. The molecule has 1 atom stereocenters. The van der Waals surface area contributed by atoms with Gasteiger partial charge in [0.25, 0.3) is 0 Å². The molecule has 0 saturated carbocycles. The van der Waals surface area contributed by atoms with Gasteiger partial charge in [-0.2, -0.15) is 5.26 Å². The maximum atomic E-state index is 13.9. The van der Waals surface area contributed by atoms with Crippen LogP contribution in [0.1, 0.15) is 18.4 Å². The molecular formula is C11H10FNO. The van der Waals surface area contributed by atoms with Crippen molar-refractivity contribution < 1.29 is 9.18 Å². The van der Waals surface area contributed by atoms with E-state index in [1.807, 2.05) is 0 Å². The molecule has 0 spiro atoms. The Morgan fingerprint density at radius 3 is 2.57 bits per heavy atom. The SMILES string of the molecule is N#CC(F)(CCC=O)c1ccccc1. The maximum absolute atomic E-state index is 13.9. The Balaban J connectivity index is 2.91. The molecule has 0 radical (unpaired) electrons. The van der Waals surface area contributed by atoms with Crippen LogP contribution in [0.15, 0.2) is 30.3 Å². The van der Waals surface area contributed by atoms with Crippen molar-refractivity contribution >= 4 is 6.29 Å². The number of carbonyl (C=O) groups excluding carboxylic acids is 1. The molecule has 2 nitrogen and oxygen atoms in total. The summed E-state index contributed by atoms with van der Waals surface area (Å²) < 4.78 is 13.9. The number of hydrogen-bond donors (Lipinski definition) is 0. The normalized spacial score (nSPS) is 14.0. The Morgan fingerprint density at radius 2 is 2.07 bits per heavy atom. The molecule has 0 N–H and O–H groups in total. The number of halogens is 1. The lowest BCUT2D eigenvalue weighted by Crippen LogP contribution is -2.17. The first-order valence-corrected chi connectivity index (χ1v) is 4.32. The van der Waals surface area contributed by atoms with Gasteiger partial charge >= 0.3 is 0 Å². The van der Waals surface area contributed by atoms with E-state index in [1.54, 1.807) is 36.4 Å². The fraction of sp³-hybridized carbons (Fsp3) is 0.273. The van der Waals surface area contributed by atoms with Crippen LogP contribution in [-0.4, -0.2) is 6.29 Å². The summed E-state index contributed by atoms with van der Waals surface area (Å²) in [4.78, 5) is 10.1. The third kappa shape index (κ3) is 2.17. The van der Waals surface area contributed by atoms with E-state index in [1.165, 1.54) is 0 Å². The average molecular weight is 191 g/mol. The average Bonchev–Trinajstić information content (AvgIpc) is 2.27. The number of benzene rings is 1. The number of nitrogens with zero attached hydrogens (tertiary/aromatic N) is 1. The van der Waals surface area contributed by atoms with Crippen LogP contribution in [-0.2, 0) is 10.5 Å². The predicted octanol–water partition coefficient (Wildman–Crippen LogP) is 2.35. The first-order valence-electron chi connectivity index (χ1n) is 4.32. The van der Waals surface area contributed by atoms with Gasteiger partial charge in [-0.1, -0.05) is 30.3 Å². The van der Waals surface area contributed by atoms with Gasteiger partial charge in [0.1, 0.15) is 12.4 Å². The van der Waals surface area contributed by atoms with Crippen molar-refractivity contribution in [3.63, 3.8) is 0 Å². The van der Waals surface area contributed by atoms with Crippen molar-refractivity contribution in [2.45, 2.75) is 18.5 Å². The van der Waals surface area contributed by atoms with E-state index in [0.717, 1.165) is 0 Å². The van der Waals surface area contributed by atoms with Gasteiger partial charge in [-0.3, -0.25) is 0 Å². The van der Waals surface area contributed by atoms with Gasteiger partial charge in [-0.05, 0) is 0 Å². The highest BCUT2D eigenvalue weighted by atomic mass is 19.1. The lowest BCUT2D eigenvalue weighted by Gasteiger charge is -2.15. The maximum Gasteiger partial charge on any atom is 0.221 e. The van der Waals surface area contributed by atoms with E-state index in [0.29, 0.717) is 11.8 Å². The van der Waals surface area contributed by atoms with Crippen LogP contribution in [0.5, 0.6) is 0 Å². The van der Waals surface area contributed by atoms with E-state index in [4.69, 9.17) is 5.26 Å². The van der Waals surface area contributed by atoms with E-state index < -0.39 is 5.67 Å². The minimum Gasteiger partial charge on any atom is -0.303 e. The molecule has 1 rings (SSSR count). The molecule has 0 aromatic heterocycles. The zero-order valence-corrected chi connectivity index (χ0v) is 7.61. The molecule has 0 aliphatic rings. The Bertz CT molecular complexity index is 344. The topological polar surface area (TPSA) is 40.9 Å².